The lowest BCUT2D eigenvalue weighted by Gasteiger charge is -2.07. The lowest BCUT2D eigenvalue weighted by atomic mass is 10.1. The predicted octanol–water partition coefficient (Wildman–Crippen LogP) is 4.05. The van der Waals surface area contributed by atoms with Crippen LogP contribution in [-0.2, 0) is 0 Å². The van der Waals surface area contributed by atoms with E-state index in [1.165, 1.54) is 19.3 Å². The average Bonchev–Trinajstić information content (AvgIpc) is 2.35. The van der Waals surface area contributed by atoms with E-state index in [2.05, 4.69) is 0 Å². The van der Waals surface area contributed by atoms with Gasteiger partial charge in [0, 0.05) is 6.61 Å². The van der Waals surface area contributed by atoms with E-state index in [0.717, 1.165) is 31.6 Å². The maximum atomic E-state index is 8.63. The van der Waals surface area contributed by atoms with Crippen LogP contribution < -0.4 is 4.74 Å². The fourth-order valence-electron chi connectivity index (χ4n) is 1.66. The van der Waals surface area contributed by atoms with E-state index in [1.807, 2.05) is 24.3 Å². The third-order valence-corrected chi connectivity index (χ3v) is 2.96. The Kier molecular flexibility index (Phi) is 7.85. The molecule has 1 aromatic rings. The second-order valence-electron chi connectivity index (χ2n) is 4.12. The first-order valence-electron chi connectivity index (χ1n) is 6.33. The number of hydrogen-bond acceptors (Lipinski definition) is 2. The lowest BCUT2D eigenvalue weighted by molar-refractivity contribution is 0.280. The summed E-state index contributed by atoms with van der Waals surface area (Å²) in [5.41, 5.74) is 0. The molecule has 0 bridgehead atoms. The van der Waals surface area contributed by atoms with Crippen LogP contribution in [0.15, 0.2) is 24.3 Å². The van der Waals surface area contributed by atoms with Crippen LogP contribution in [0.5, 0.6) is 5.75 Å². The van der Waals surface area contributed by atoms with E-state index >= 15 is 0 Å². The van der Waals surface area contributed by atoms with Crippen molar-refractivity contribution in [2.75, 3.05) is 13.2 Å². The van der Waals surface area contributed by atoms with E-state index in [1.54, 1.807) is 0 Å². The topological polar surface area (TPSA) is 29.5 Å². The van der Waals surface area contributed by atoms with Gasteiger partial charge in [0.2, 0.25) is 0 Å². The maximum Gasteiger partial charge on any atom is 0.137 e. The molecule has 0 aliphatic heterocycles. The van der Waals surface area contributed by atoms with Gasteiger partial charge in [0.05, 0.1) is 11.6 Å². The first-order valence-corrected chi connectivity index (χ1v) is 6.70. The molecular formula is C14H21ClO2. The van der Waals surface area contributed by atoms with Gasteiger partial charge in [0.15, 0.2) is 0 Å². The maximum absolute atomic E-state index is 8.63. The highest BCUT2D eigenvalue weighted by Gasteiger charge is 1.98. The quantitative estimate of drug-likeness (QED) is 0.676. The number of hydrogen-bond donors (Lipinski definition) is 1. The number of ether oxygens (including phenoxy) is 1. The molecule has 0 atom stereocenters. The molecule has 17 heavy (non-hydrogen) atoms. The van der Waals surface area contributed by atoms with E-state index < -0.39 is 0 Å². The number of rotatable bonds is 9. The molecule has 1 aromatic carbocycles. The summed E-state index contributed by atoms with van der Waals surface area (Å²) in [5.74, 6) is 0.773. The van der Waals surface area contributed by atoms with Crippen molar-refractivity contribution in [2.45, 2.75) is 38.5 Å². The Bertz CT molecular complexity index is 302. The summed E-state index contributed by atoms with van der Waals surface area (Å²) < 4.78 is 5.59. The van der Waals surface area contributed by atoms with Crippen LogP contribution in [0.3, 0.4) is 0 Å². The zero-order valence-corrected chi connectivity index (χ0v) is 11.0. The minimum Gasteiger partial charge on any atom is -0.492 e. The molecule has 0 radical (unpaired) electrons. The molecule has 0 aromatic heterocycles. The molecule has 0 unspecified atom stereocenters. The van der Waals surface area contributed by atoms with Crippen LogP contribution >= 0.6 is 11.6 Å². The van der Waals surface area contributed by atoms with Crippen molar-refractivity contribution >= 4 is 11.6 Å². The van der Waals surface area contributed by atoms with Crippen molar-refractivity contribution in [1.82, 2.24) is 0 Å². The Labute approximate surface area is 109 Å². The molecule has 1 N–H and O–H groups in total. The number of benzene rings is 1. The predicted molar refractivity (Wildman–Crippen MR) is 71.7 cm³/mol. The van der Waals surface area contributed by atoms with Crippen LogP contribution in [-0.4, -0.2) is 18.3 Å². The van der Waals surface area contributed by atoms with Crippen LogP contribution in [0.1, 0.15) is 38.5 Å². The van der Waals surface area contributed by atoms with Crippen LogP contribution in [0.25, 0.3) is 0 Å². The summed E-state index contributed by atoms with van der Waals surface area (Å²) in [6.07, 6.45) is 6.71. The highest BCUT2D eigenvalue weighted by Crippen LogP contribution is 2.23. The van der Waals surface area contributed by atoms with Gasteiger partial charge in [-0.1, -0.05) is 49.4 Å². The Morgan fingerprint density at radius 2 is 1.59 bits per heavy atom. The molecule has 0 saturated carbocycles. The smallest absolute Gasteiger partial charge is 0.137 e. The van der Waals surface area contributed by atoms with Gasteiger partial charge >= 0.3 is 0 Å². The fraction of sp³-hybridized carbons (Fsp3) is 0.571. The molecule has 0 heterocycles. The molecular weight excluding hydrogens is 236 g/mol. The minimum atomic E-state index is 0.315. The van der Waals surface area contributed by atoms with Crippen molar-refractivity contribution < 1.29 is 9.84 Å². The Morgan fingerprint density at radius 1 is 0.941 bits per heavy atom. The number of para-hydroxylation sites is 1. The summed E-state index contributed by atoms with van der Waals surface area (Å²) >= 11 is 5.97. The zero-order chi connectivity index (χ0) is 12.3. The van der Waals surface area contributed by atoms with Gasteiger partial charge < -0.3 is 9.84 Å². The Hall–Kier alpha value is -0.730. The van der Waals surface area contributed by atoms with Gasteiger partial charge in [-0.25, -0.2) is 0 Å². The van der Waals surface area contributed by atoms with E-state index in [0.29, 0.717) is 11.6 Å². The molecule has 0 saturated heterocycles. The van der Waals surface area contributed by atoms with E-state index in [-0.39, 0.29) is 0 Å². The number of aliphatic hydroxyl groups excluding tert-OH is 1. The standard InChI is InChI=1S/C14H21ClO2/c15-13-9-5-6-10-14(13)17-12-8-4-2-1-3-7-11-16/h5-6,9-10,16H,1-4,7-8,11-12H2. The van der Waals surface area contributed by atoms with Gasteiger partial charge in [-0.2, -0.15) is 0 Å². The molecule has 0 fully saturated rings. The van der Waals surface area contributed by atoms with Gasteiger partial charge in [-0.15, -0.1) is 0 Å². The summed E-state index contributed by atoms with van der Waals surface area (Å²) in [4.78, 5) is 0. The summed E-state index contributed by atoms with van der Waals surface area (Å²) in [5, 5.41) is 9.30. The molecule has 2 nitrogen and oxygen atoms in total. The zero-order valence-electron chi connectivity index (χ0n) is 10.2. The first kappa shape index (κ1) is 14.3. The van der Waals surface area contributed by atoms with Crippen molar-refractivity contribution in [1.29, 1.82) is 0 Å². The van der Waals surface area contributed by atoms with E-state index in [4.69, 9.17) is 21.4 Å². The third-order valence-electron chi connectivity index (χ3n) is 2.65. The van der Waals surface area contributed by atoms with Crippen LogP contribution in [0.2, 0.25) is 5.02 Å². The third kappa shape index (κ3) is 6.54. The van der Waals surface area contributed by atoms with Gasteiger partial charge in [0.25, 0.3) is 0 Å². The monoisotopic (exact) mass is 256 g/mol. The summed E-state index contributed by atoms with van der Waals surface area (Å²) in [7, 11) is 0. The second kappa shape index (κ2) is 9.32. The average molecular weight is 257 g/mol. The molecule has 0 aliphatic rings. The van der Waals surface area contributed by atoms with Gasteiger partial charge in [-0.05, 0) is 25.0 Å². The summed E-state index contributed by atoms with van der Waals surface area (Å²) in [6.45, 7) is 1.04. The highest BCUT2D eigenvalue weighted by atomic mass is 35.5. The highest BCUT2D eigenvalue weighted by molar-refractivity contribution is 6.32. The van der Waals surface area contributed by atoms with Crippen molar-refractivity contribution in [2.24, 2.45) is 0 Å². The number of unbranched alkanes of at least 4 members (excludes halogenated alkanes) is 5. The van der Waals surface area contributed by atoms with Gasteiger partial charge in [0.1, 0.15) is 5.75 Å². The fourth-order valence-corrected chi connectivity index (χ4v) is 1.86. The van der Waals surface area contributed by atoms with Crippen LogP contribution in [0.4, 0.5) is 0 Å². The summed E-state index contributed by atoms with van der Waals surface area (Å²) in [6, 6.07) is 7.56. The second-order valence-corrected chi connectivity index (χ2v) is 4.53. The van der Waals surface area contributed by atoms with Crippen molar-refractivity contribution in [3.8, 4) is 5.75 Å². The number of aliphatic hydroxyl groups is 1. The Balaban J connectivity index is 1.99. The Morgan fingerprint density at radius 3 is 2.29 bits per heavy atom. The SMILES string of the molecule is OCCCCCCCCOc1ccccc1Cl. The van der Waals surface area contributed by atoms with Crippen LogP contribution in [0, 0.1) is 0 Å². The van der Waals surface area contributed by atoms with Crippen molar-refractivity contribution in [3.05, 3.63) is 29.3 Å². The molecule has 96 valence electrons. The molecule has 0 spiro atoms. The number of halogens is 1. The molecule has 3 heteroatoms. The van der Waals surface area contributed by atoms with Crippen molar-refractivity contribution in [3.63, 3.8) is 0 Å². The molecule has 0 aliphatic carbocycles. The lowest BCUT2D eigenvalue weighted by Crippen LogP contribution is -1.97. The minimum absolute atomic E-state index is 0.315. The first-order chi connectivity index (χ1) is 8.34. The largest absolute Gasteiger partial charge is 0.492 e. The molecule has 0 amide bonds. The van der Waals surface area contributed by atoms with E-state index in [9.17, 15) is 0 Å². The normalized spacial score (nSPS) is 10.5. The van der Waals surface area contributed by atoms with Gasteiger partial charge in [-0.3, -0.25) is 0 Å². The molecule has 1 rings (SSSR count).